The van der Waals surface area contributed by atoms with Crippen LogP contribution in [0, 0.1) is 6.92 Å². The van der Waals surface area contributed by atoms with Crippen LogP contribution < -0.4 is 5.32 Å². The number of carbonyl (C=O) groups is 1. The molecule has 30 heavy (non-hydrogen) atoms. The lowest BCUT2D eigenvalue weighted by molar-refractivity contribution is 0.102. The molecule has 4 rings (SSSR count). The van der Waals surface area contributed by atoms with Crippen LogP contribution in [0.4, 0.5) is 5.82 Å². The van der Waals surface area contributed by atoms with Crippen molar-refractivity contribution in [1.29, 1.82) is 0 Å². The van der Waals surface area contributed by atoms with Crippen LogP contribution >= 0.6 is 0 Å². The summed E-state index contributed by atoms with van der Waals surface area (Å²) in [6.07, 6.45) is 5.03. The summed E-state index contributed by atoms with van der Waals surface area (Å²) in [6.45, 7) is 8.32. The van der Waals surface area contributed by atoms with Crippen LogP contribution in [0.3, 0.4) is 0 Å². The first-order valence-electron chi connectivity index (χ1n) is 9.76. The van der Waals surface area contributed by atoms with Gasteiger partial charge in [0.2, 0.25) is 0 Å². The third-order valence-electron chi connectivity index (χ3n) is 4.71. The molecule has 3 aromatic heterocycles. The van der Waals surface area contributed by atoms with E-state index in [9.17, 15) is 4.79 Å². The maximum Gasteiger partial charge on any atom is 0.258 e. The van der Waals surface area contributed by atoms with Crippen molar-refractivity contribution in [3.63, 3.8) is 0 Å². The molecule has 0 bridgehead atoms. The van der Waals surface area contributed by atoms with E-state index in [-0.39, 0.29) is 11.3 Å². The lowest BCUT2D eigenvalue weighted by Crippen LogP contribution is -2.16. The quantitative estimate of drug-likeness (QED) is 0.554. The number of aromatic nitrogens is 5. The summed E-state index contributed by atoms with van der Waals surface area (Å²) < 4.78 is 3.42. The second-order valence-corrected chi connectivity index (χ2v) is 8.23. The standard InChI is InChI=1S/C23H24N6O/c1-16-7-5-8-18(13-16)29-21(14-19(27-29)23(2,3)4)26-22(30)17-9-10-20(24-15-17)28-12-6-11-25-28/h5-15H,1-4H3,(H,26,30). The molecular formula is C23H24N6O. The van der Waals surface area contributed by atoms with Gasteiger partial charge in [0.25, 0.3) is 5.91 Å². The molecule has 0 saturated carbocycles. The molecule has 3 heterocycles. The number of nitrogens with one attached hydrogen (secondary N) is 1. The third-order valence-corrected chi connectivity index (χ3v) is 4.71. The molecule has 7 nitrogen and oxygen atoms in total. The first-order valence-corrected chi connectivity index (χ1v) is 9.76. The van der Waals surface area contributed by atoms with Crippen LogP contribution in [-0.2, 0) is 5.41 Å². The number of carbonyl (C=O) groups excluding carboxylic acids is 1. The Labute approximate surface area is 175 Å². The Kier molecular flexibility index (Phi) is 4.95. The van der Waals surface area contributed by atoms with Crippen LogP contribution in [0.2, 0.25) is 0 Å². The first-order chi connectivity index (χ1) is 14.3. The fraction of sp³-hybridized carbons (Fsp3) is 0.217. The van der Waals surface area contributed by atoms with Gasteiger partial charge < -0.3 is 5.32 Å². The number of pyridine rings is 1. The minimum atomic E-state index is -0.247. The summed E-state index contributed by atoms with van der Waals surface area (Å²) in [4.78, 5) is 17.2. The Hall–Kier alpha value is -3.74. The average molecular weight is 400 g/mol. The van der Waals surface area contributed by atoms with Gasteiger partial charge in [0, 0.05) is 30.1 Å². The molecule has 4 aromatic rings. The molecule has 7 heteroatoms. The Morgan fingerprint density at radius 2 is 1.90 bits per heavy atom. The fourth-order valence-electron chi connectivity index (χ4n) is 3.04. The molecule has 0 aliphatic carbocycles. The minimum Gasteiger partial charge on any atom is -0.306 e. The van der Waals surface area contributed by atoms with E-state index in [2.05, 4.69) is 36.2 Å². The highest BCUT2D eigenvalue weighted by Gasteiger charge is 2.22. The Morgan fingerprint density at radius 3 is 2.53 bits per heavy atom. The van der Waals surface area contributed by atoms with Crippen LogP contribution in [0.15, 0.2) is 67.1 Å². The highest BCUT2D eigenvalue weighted by atomic mass is 16.1. The second kappa shape index (κ2) is 7.59. The van der Waals surface area contributed by atoms with E-state index >= 15 is 0 Å². The van der Waals surface area contributed by atoms with Gasteiger partial charge in [-0.05, 0) is 42.8 Å². The molecule has 0 unspecified atom stereocenters. The molecule has 1 aromatic carbocycles. The van der Waals surface area contributed by atoms with E-state index in [0.717, 1.165) is 16.9 Å². The van der Waals surface area contributed by atoms with E-state index in [1.54, 1.807) is 40.1 Å². The highest BCUT2D eigenvalue weighted by molar-refractivity contribution is 6.03. The summed E-state index contributed by atoms with van der Waals surface area (Å²) >= 11 is 0. The van der Waals surface area contributed by atoms with Crippen LogP contribution in [0.25, 0.3) is 11.5 Å². The number of amides is 1. The molecule has 0 spiro atoms. The molecule has 0 fully saturated rings. The van der Waals surface area contributed by atoms with E-state index in [0.29, 0.717) is 17.2 Å². The van der Waals surface area contributed by atoms with Gasteiger partial charge in [-0.25, -0.2) is 14.3 Å². The zero-order chi connectivity index (χ0) is 21.3. The summed E-state index contributed by atoms with van der Waals surface area (Å²) in [6, 6.07) is 15.3. The Bertz CT molecular complexity index is 1170. The molecule has 0 saturated heterocycles. The van der Waals surface area contributed by atoms with E-state index in [4.69, 9.17) is 5.10 Å². The summed E-state index contributed by atoms with van der Waals surface area (Å²) in [5.41, 5.74) is 3.22. The van der Waals surface area contributed by atoms with Crippen LogP contribution in [0.1, 0.15) is 42.4 Å². The number of rotatable bonds is 4. The number of nitrogens with zero attached hydrogens (tertiary/aromatic N) is 5. The number of hydrogen-bond acceptors (Lipinski definition) is 4. The van der Waals surface area contributed by atoms with Gasteiger partial charge in [-0.15, -0.1) is 0 Å². The van der Waals surface area contributed by atoms with Crippen molar-refractivity contribution in [2.75, 3.05) is 5.32 Å². The van der Waals surface area contributed by atoms with Crippen molar-refractivity contribution in [2.24, 2.45) is 0 Å². The van der Waals surface area contributed by atoms with Crippen LogP contribution in [0.5, 0.6) is 0 Å². The predicted molar refractivity (Wildman–Crippen MR) is 116 cm³/mol. The monoisotopic (exact) mass is 400 g/mol. The number of anilines is 1. The van der Waals surface area contributed by atoms with Gasteiger partial charge >= 0.3 is 0 Å². The second-order valence-electron chi connectivity index (χ2n) is 8.23. The molecular weight excluding hydrogens is 376 g/mol. The maximum atomic E-state index is 12.9. The third kappa shape index (κ3) is 4.00. The minimum absolute atomic E-state index is 0.151. The normalized spacial score (nSPS) is 11.5. The molecule has 0 radical (unpaired) electrons. The topological polar surface area (TPSA) is 77.6 Å². The van der Waals surface area contributed by atoms with E-state index < -0.39 is 0 Å². The predicted octanol–water partition coefficient (Wildman–Crippen LogP) is 4.31. The van der Waals surface area contributed by atoms with Crippen molar-refractivity contribution >= 4 is 11.7 Å². The van der Waals surface area contributed by atoms with Gasteiger partial charge in [0.1, 0.15) is 5.82 Å². The van der Waals surface area contributed by atoms with Crippen molar-refractivity contribution < 1.29 is 4.79 Å². The number of hydrogen-bond donors (Lipinski definition) is 1. The zero-order valence-corrected chi connectivity index (χ0v) is 17.5. The number of benzene rings is 1. The van der Waals surface area contributed by atoms with Crippen LogP contribution in [-0.4, -0.2) is 30.5 Å². The fourth-order valence-corrected chi connectivity index (χ4v) is 3.04. The molecule has 152 valence electrons. The van der Waals surface area contributed by atoms with Crippen molar-refractivity contribution in [3.8, 4) is 11.5 Å². The summed E-state index contributed by atoms with van der Waals surface area (Å²) in [5, 5.41) is 11.9. The molecule has 0 aliphatic heterocycles. The van der Waals surface area contributed by atoms with Crippen molar-refractivity contribution in [1.82, 2.24) is 24.5 Å². The Balaban J connectivity index is 1.65. The largest absolute Gasteiger partial charge is 0.306 e. The van der Waals surface area contributed by atoms with Gasteiger partial charge in [-0.2, -0.15) is 10.2 Å². The summed E-state index contributed by atoms with van der Waals surface area (Å²) in [5.74, 6) is 1.02. The Morgan fingerprint density at radius 1 is 1.07 bits per heavy atom. The molecule has 0 aliphatic rings. The number of aryl methyl sites for hydroxylation is 1. The lowest BCUT2D eigenvalue weighted by atomic mass is 9.92. The van der Waals surface area contributed by atoms with E-state index in [1.807, 2.05) is 43.3 Å². The van der Waals surface area contributed by atoms with E-state index in [1.165, 1.54) is 0 Å². The van der Waals surface area contributed by atoms with Gasteiger partial charge in [0.15, 0.2) is 5.82 Å². The highest BCUT2D eigenvalue weighted by Crippen LogP contribution is 2.27. The van der Waals surface area contributed by atoms with Crippen molar-refractivity contribution in [2.45, 2.75) is 33.1 Å². The molecule has 1 amide bonds. The molecule has 1 N–H and O–H groups in total. The molecule has 0 atom stereocenters. The lowest BCUT2D eigenvalue weighted by Gasteiger charge is -2.14. The van der Waals surface area contributed by atoms with Gasteiger partial charge in [-0.1, -0.05) is 32.9 Å². The SMILES string of the molecule is Cc1cccc(-n2nc(C(C)(C)C)cc2NC(=O)c2ccc(-n3cccn3)nc2)c1. The first kappa shape index (κ1) is 19.6. The van der Waals surface area contributed by atoms with Crippen molar-refractivity contribution in [3.05, 3.63) is 83.9 Å². The smallest absolute Gasteiger partial charge is 0.258 e. The zero-order valence-electron chi connectivity index (χ0n) is 17.5. The van der Waals surface area contributed by atoms with Gasteiger partial charge in [0.05, 0.1) is 16.9 Å². The summed E-state index contributed by atoms with van der Waals surface area (Å²) in [7, 11) is 0. The van der Waals surface area contributed by atoms with Gasteiger partial charge in [-0.3, -0.25) is 4.79 Å². The average Bonchev–Trinajstić information content (AvgIpc) is 3.38. The maximum absolute atomic E-state index is 12.9.